The van der Waals surface area contributed by atoms with Gasteiger partial charge < -0.3 is 55.3 Å². The van der Waals surface area contributed by atoms with E-state index in [2.05, 4.69) is 17.2 Å². The lowest BCUT2D eigenvalue weighted by Gasteiger charge is -2.43. The van der Waals surface area contributed by atoms with Gasteiger partial charge >= 0.3 is 0 Å². The van der Waals surface area contributed by atoms with E-state index in [0.29, 0.717) is 19.5 Å². The maximum atomic E-state index is 11.0. The van der Waals surface area contributed by atoms with Crippen LogP contribution < -0.4 is 10.6 Å². The van der Waals surface area contributed by atoms with E-state index in [1.807, 2.05) is 0 Å². The lowest BCUT2D eigenvalue weighted by atomic mass is 9.98. The maximum absolute atomic E-state index is 11.0. The van der Waals surface area contributed by atoms with Crippen molar-refractivity contribution in [1.29, 1.82) is 0 Å². The predicted molar refractivity (Wildman–Crippen MR) is 122 cm³/mol. The number of rotatable bonds is 18. The minimum Gasteiger partial charge on any atom is -0.394 e. The van der Waals surface area contributed by atoms with Crippen LogP contribution in [0.5, 0.6) is 0 Å². The van der Waals surface area contributed by atoms with Crippen molar-refractivity contribution < 1.29 is 54.8 Å². The summed E-state index contributed by atoms with van der Waals surface area (Å²) in [4.78, 5) is 11.0. The minimum atomic E-state index is -1.51. The Kier molecular flexibility index (Phi) is 16.1. The molecule has 0 aromatic rings. The normalized spacial score (nSPS) is 27.7. The Morgan fingerprint density at radius 2 is 1.82 bits per heavy atom. The monoisotopic (exact) mass is 514 g/mol. The van der Waals surface area contributed by atoms with Crippen molar-refractivity contribution in [3.8, 4) is 0 Å². The number of thioether (sulfide) groups is 1. The predicted octanol–water partition coefficient (Wildman–Crippen LogP) is -4.13. The second kappa shape index (κ2) is 17.5. The first-order chi connectivity index (χ1) is 16.3. The molecule has 0 aliphatic carbocycles. The van der Waals surface area contributed by atoms with Gasteiger partial charge in [-0.3, -0.25) is 10.1 Å². The Morgan fingerprint density at radius 3 is 2.41 bits per heavy atom. The largest absolute Gasteiger partial charge is 0.394 e. The molecule has 1 fully saturated rings. The molecular formula is C20H38N2O11S. The summed E-state index contributed by atoms with van der Waals surface area (Å²) in [5.41, 5.74) is 0. The van der Waals surface area contributed by atoms with Crippen molar-refractivity contribution in [1.82, 2.24) is 10.6 Å². The van der Waals surface area contributed by atoms with Gasteiger partial charge in [0, 0.05) is 12.3 Å². The second-order valence-electron chi connectivity index (χ2n) is 7.49. The van der Waals surface area contributed by atoms with Crippen LogP contribution in [-0.2, 0) is 19.0 Å². The van der Waals surface area contributed by atoms with Gasteiger partial charge in [0.2, 0.25) is 5.91 Å². The molecule has 1 heterocycles. The molecule has 1 saturated heterocycles. The fourth-order valence-corrected chi connectivity index (χ4v) is 3.92. The van der Waals surface area contributed by atoms with Crippen LogP contribution in [0.2, 0.25) is 0 Å². The number of aliphatic hydroxyl groups excluding tert-OH is 7. The summed E-state index contributed by atoms with van der Waals surface area (Å²) in [7, 11) is 0. The third-order valence-electron chi connectivity index (χ3n) is 4.99. The average Bonchev–Trinajstić information content (AvgIpc) is 2.85. The Labute approximate surface area is 202 Å². The van der Waals surface area contributed by atoms with Crippen LogP contribution in [0.1, 0.15) is 6.42 Å². The number of aliphatic hydroxyl groups is 7. The van der Waals surface area contributed by atoms with Gasteiger partial charge in [0.25, 0.3) is 0 Å². The molecule has 0 bridgehead atoms. The number of amides is 1. The summed E-state index contributed by atoms with van der Waals surface area (Å²) in [6, 6.07) is 0. The number of nitrogens with one attached hydrogen (secondary N) is 2. The first-order valence-corrected chi connectivity index (χ1v) is 12.1. The third-order valence-corrected chi connectivity index (χ3v) is 6.06. The fraction of sp³-hybridized carbons (Fsp3) is 0.850. The van der Waals surface area contributed by atoms with Gasteiger partial charge in [0.15, 0.2) is 6.29 Å². The zero-order valence-corrected chi connectivity index (χ0v) is 19.8. The van der Waals surface area contributed by atoms with Crippen molar-refractivity contribution in [2.75, 3.05) is 51.0 Å². The summed E-state index contributed by atoms with van der Waals surface area (Å²) >= 11 is 1.63. The third kappa shape index (κ3) is 10.4. The molecular weight excluding hydrogens is 476 g/mol. The minimum absolute atomic E-state index is 0.224. The van der Waals surface area contributed by atoms with E-state index < -0.39 is 75.6 Å². The van der Waals surface area contributed by atoms with Crippen molar-refractivity contribution >= 4 is 17.7 Å². The molecule has 200 valence electrons. The number of hydrogen-bond donors (Lipinski definition) is 9. The van der Waals surface area contributed by atoms with E-state index in [0.717, 1.165) is 11.5 Å². The first-order valence-electron chi connectivity index (χ1n) is 11.0. The molecule has 1 rings (SSSR count). The molecule has 1 aliphatic rings. The summed E-state index contributed by atoms with van der Waals surface area (Å²) in [6.07, 6.45) is -8.53. The highest BCUT2D eigenvalue weighted by Crippen LogP contribution is 2.24. The van der Waals surface area contributed by atoms with Crippen LogP contribution in [0.15, 0.2) is 12.7 Å². The van der Waals surface area contributed by atoms with E-state index in [1.165, 1.54) is 6.08 Å². The molecule has 4 unspecified atom stereocenters. The fourth-order valence-electron chi connectivity index (χ4n) is 3.12. The van der Waals surface area contributed by atoms with Crippen LogP contribution in [0.25, 0.3) is 0 Å². The van der Waals surface area contributed by atoms with E-state index >= 15 is 0 Å². The van der Waals surface area contributed by atoms with Crippen LogP contribution >= 0.6 is 11.8 Å². The van der Waals surface area contributed by atoms with Crippen molar-refractivity contribution in [2.45, 2.75) is 55.6 Å². The number of hydrogen-bond acceptors (Lipinski definition) is 13. The molecule has 34 heavy (non-hydrogen) atoms. The van der Waals surface area contributed by atoms with E-state index in [4.69, 9.17) is 19.3 Å². The van der Waals surface area contributed by atoms with Crippen molar-refractivity contribution in [2.24, 2.45) is 0 Å². The summed E-state index contributed by atoms with van der Waals surface area (Å²) < 4.78 is 16.3. The Morgan fingerprint density at radius 1 is 1.09 bits per heavy atom. The standard InChI is InChI=1S/C20H38N2O11S/c1-2-15(28)21-5-7-34-6-3-4-22-20-18(30)17(29)19(14(10-25)32-20)33-16(11-26)31-13(9-24)12(27)8-23/h2,12-14,16-20,22-27,29-30H,1,3-11H2,(H,21,28)/t12-,13?,14?,16-,17?,18?,19+,20+/m0/s1. The van der Waals surface area contributed by atoms with Crippen LogP contribution in [0.3, 0.4) is 0 Å². The zero-order chi connectivity index (χ0) is 25.5. The highest BCUT2D eigenvalue weighted by Gasteiger charge is 2.46. The molecule has 8 atom stereocenters. The van der Waals surface area contributed by atoms with E-state index in [9.17, 15) is 35.4 Å². The molecule has 9 N–H and O–H groups in total. The molecule has 1 amide bonds. The van der Waals surface area contributed by atoms with Crippen molar-refractivity contribution in [3.05, 3.63) is 12.7 Å². The quantitative estimate of drug-likeness (QED) is 0.0484. The topological polar surface area (TPSA) is 210 Å². The molecule has 14 heteroatoms. The summed E-state index contributed by atoms with van der Waals surface area (Å²) in [5, 5.41) is 73.7. The number of carbonyl (C=O) groups excluding carboxylic acids is 1. The number of ether oxygens (including phenoxy) is 3. The zero-order valence-electron chi connectivity index (χ0n) is 18.9. The van der Waals surface area contributed by atoms with Gasteiger partial charge in [-0.2, -0.15) is 11.8 Å². The smallest absolute Gasteiger partial charge is 0.243 e. The molecule has 0 spiro atoms. The Hall–Kier alpha value is -0.880. The van der Waals surface area contributed by atoms with Crippen molar-refractivity contribution in [3.63, 3.8) is 0 Å². The Bertz CT molecular complexity index is 575. The van der Waals surface area contributed by atoms with Crippen LogP contribution in [-0.4, -0.2) is 142 Å². The molecule has 0 radical (unpaired) electrons. The lowest BCUT2D eigenvalue weighted by Crippen LogP contribution is -2.64. The van der Waals surface area contributed by atoms with Gasteiger partial charge in [-0.15, -0.1) is 0 Å². The molecule has 0 aromatic carbocycles. The summed E-state index contributed by atoms with van der Waals surface area (Å²) in [5.74, 6) is 1.28. The van der Waals surface area contributed by atoms with Crippen LogP contribution in [0.4, 0.5) is 0 Å². The van der Waals surface area contributed by atoms with Gasteiger partial charge in [0.1, 0.15) is 42.9 Å². The molecule has 0 saturated carbocycles. The molecule has 0 aromatic heterocycles. The number of carbonyl (C=O) groups is 1. The van der Waals surface area contributed by atoms with Gasteiger partial charge in [-0.25, -0.2) is 0 Å². The van der Waals surface area contributed by atoms with E-state index in [1.54, 1.807) is 11.8 Å². The highest BCUT2D eigenvalue weighted by atomic mass is 32.2. The summed E-state index contributed by atoms with van der Waals surface area (Å²) in [6.45, 7) is 1.66. The Balaban J connectivity index is 2.50. The first kappa shape index (κ1) is 31.2. The lowest BCUT2D eigenvalue weighted by molar-refractivity contribution is -0.302. The van der Waals surface area contributed by atoms with E-state index in [-0.39, 0.29) is 5.91 Å². The molecule has 13 nitrogen and oxygen atoms in total. The SMILES string of the molecule is C=CC(=O)NCCSCCCN[C@@H]1OC(CO)[C@@H](O[C@@H](CO)OC(CO)[C@@H](O)CO)C(O)C1O. The molecule has 1 aliphatic heterocycles. The van der Waals surface area contributed by atoms with Crippen LogP contribution in [0, 0.1) is 0 Å². The highest BCUT2D eigenvalue weighted by molar-refractivity contribution is 7.99. The average molecular weight is 515 g/mol. The van der Waals surface area contributed by atoms with Gasteiger partial charge in [-0.1, -0.05) is 6.58 Å². The van der Waals surface area contributed by atoms with Gasteiger partial charge in [-0.05, 0) is 24.8 Å². The second-order valence-corrected chi connectivity index (χ2v) is 8.72. The van der Waals surface area contributed by atoms with Gasteiger partial charge in [0.05, 0.1) is 26.4 Å². The maximum Gasteiger partial charge on any atom is 0.243 e.